The van der Waals surface area contributed by atoms with Gasteiger partial charge in [-0.25, -0.2) is 4.79 Å². The van der Waals surface area contributed by atoms with Crippen LogP contribution in [0.25, 0.3) is 0 Å². The van der Waals surface area contributed by atoms with Gasteiger partial charge in [-0.1, -0.05) is 43.7 Å². The minimum absolute atomic E-state index is 0.325. The number of amides is 1. The molecule has 6 rings (SSSR count). The van der Waals surface area contributed by atoms with Gasteiger partial charge in [-0.15, -0.1) is 0 Å². The average Bonchev–Trinajstić information content (AvgIpc) is 3.32. The van der Waals surface area contributed by atoms with Gasteiger partial charge in [0.2, 0.25) is 0 Å². The van der Waals surface area contributed by atoms with Crippen LogP contribution in [0.1, 0.15) is 51.0 Å². The highest BCUT2D eigenvalue weighted by Crippen LogP contribution is 2.53. The van der Waals surface area contributed by atoms with Crippen molar-refractivity contribution < 1.29 is 9.90 Å². The van der Waals surface area contributed by atoms with Crippen molar-refractivity contribution in [2.75, 3.05) is 6.67 Å². The number of para-hydroxylation sites is 1. The van der Waals surface area contributed by atoms with E-state index in [4.69, 9.17) is 0 Å². The minimum atomic E-state index is -0.910. The van der Waals surface area contributed by atoms with Crippen molar-refractivity contribution in [1.29, 1.82) is 0 Å². The van der Waals surface area contributed by atoms with Gasteiger partial charge in [-0.3, -0.25) is 9.91 Å². The van der Waals surface area contributed by atoms with Crippen LogP contribution in [0.5, 0.6) is 0 Å². The molecule has 0 radical (unpaired) electrons. The molecule has 2 fully saturated rings. The van der Waals surface area contributed by atoms with E-state index in [0.29, 0.717) is 36.6 Å². The Morgan fingerprint density at radius 2 is 2.00 bits per heavy atom. The molecule has 5 unspecified atom stereocenters. The zero-order valence-electron chi connectivity index (χ0n) is 18.3. The molecule has 0 bridgehead atoms. The van der Waals surface area contributed by atoms with Crippen molar-refractivity contribution in [2.45, 2.75) is 70.0 Å². The SMILES string of the molecule is CC1C=CCC2C1C1Cc3ccccc3[N+]1(C1CCCCC1)C=C1NN(C(=O)O)CN12. The second-order valence-corrected chi connectivity index (χ2v) is 10.1. The highest BCUT2D eigenvalue weighted by molar-refractivity contribution is 5.65. The topological polar surface area (TPSA) is 55.8 Å². The van der Waals surface area contributed by atoms with E-state index in [1.54, 1.807) is 0 Å². The summed E-state index contributed by atoms with van der Waals surface area (Å²) >= 11 is 0. The average molecular weight is 422 g/mol. The lowest BCUT2D eigenvalue weighted by Gasteiger charge is -2.49. The van der Waals surface area contributed by atoms with Crippen LogP contribution in [-0.4, -0.2) is 45.9 Å². The van der Waals surface area contributed by atoms with Gasteiger partial charge in [0.05, 0.1) is 6.04 Å². The van der Waals surface area contributed by atoms with Crippen LogP contribution >= 0.6 is 0 Å². The Labute approximate surface area is 184 Å². The number of allylic oxidation sites excluding steroid dienone is 1. The van der Waals surface area contributed by atoms with Crippen molar-refractivity contribution in [1.82, 2.24) is 19.8 Å². The summed E-state index contributed by atoms with van der Waals surface area (Å²) in [4.78, 5) is 14.2. The summed E-state index contributed by atoms with van der Waals surface area (Å²) in [5.41, 5.74) is 6.20. The van der Waals surface area contributed by atoms with Gasteiger partial charge in [0.15, 0.2) is 5.82 Å². The van der Waals surface area contributed by atoms with E-state index in [9.17, 15) is 9.90 Å². The van der Waals surface area contributed by atoms with Crippen LogP contribution in [0, 0.1) is 11.8 Å². The first-order valence-electron chi connectivity index (χ1n) is 12.0. The summed E-state index contributed by atoms with van der Waals surface area (Å²) in [5.74, 6) is 1.96. The quantitative estimate of drug-likeness (QED) is 0.521. The third-order valence-electron chi connectivity index (χ3n) is 8.70. The highest BCUT2D eigenvalue weighted by Gasteiger charge is 2.60. The number of benzene rings is 1. The van der Waals surface area contributed by atoms with Crippen LogP contribution in [0.4, 0.5) is 10.5 Å². The minimum Gasteiger partial charge on any atom is -0.464 e. The number of quaternary nitrogens is 1. The Balaban J connectivity index is 1.58. The fourth-order valence-corrected chi connectivity index (χ4v) is 7.46. The summed E-state index contributed by atoms with van der Waals surface area (Å²) in [7, 11) is 0. The predicted molar refractivity (Wildman–Crippen MR) is 121 cm³/mol. The zero-order chi connectivity index (χ0) is 21.2. The van der Waals surface area contributed by atoms with Crippen LogP contribution in [-0.2, 0) is 6.42 Å². The van der Waals surface area contributed by atoms with Crippen molar-refractivity contribution in [3.8, 4) is 0 Å². The molecule has 5 aliphatic rings. The summed E-state index contributed by atoms with van der Waals surface area (Å²) in [6.45, 7) is 2.78. The fourth-order valence-electron chi connectivity index (χ4n) is 7.46. The van der Waals surface area contributed by atoms with Crippen molar-refractivity contribution in [3.63, 3.8) is 0 Å². The van der Waals surface area contributed by atoms with E-state index < -0.39 is 6.09 Å². The molecule has 6 heteroatoms. The molecule has 1 aromatic rings. The standard InChI is InChI=1S/C25H32N4O2/c1-17-8-7-12-20-24(17)22-14-18-9-5-6-13-21(18)29(22,19-10-3-2-4-11-19)15-23-26-28(25(30)31)16-27(20)23/h5-9,13,15,17,19-20,22,24,26H,2-4,10-12,14,16H2,1H3/p+1. The van der Waals surface area contributed by atoms with E-state index in [2.05, 4.69) is 59.9 Å². The number of hydrazine groups is 1. The number of nitrogens with zero attached hydrogens (tertiary/aromatic N) is 3. The molecule has 5 atom stereocenters. The van der Waals surface area contributed by atoms with Crippen LogP contribution < -0.4 is 9.91 Å². The van der Waals surface area contributed by atoms with Gasteiger partial charge >= 0.3 is 6.09 Å². The largest absolute Gasteiger partial charge is 0.464 e. The highest BCUT2D eigenvalue weighted by atomic mass is 16.4. The van der Waals surface area contributed by atoms with Gasteiger partial charge in [-0.2, -0.15) is 5.01 Å². The van der Waals surface area contributed by atoms with E-state index in [-0.39, 0.29) is 0 Å². The summed E-state index contributed by atoms with van der Waals surface area (Å²) < 4.78 is 0.905. The lowest BCUT2D eigenvalue weighted by atomic mass is 9.74. The summed E-state index contributed by atoms with van der Waals surface area (Å²) in [6, 6.07) is 10.4. The molecule has 6 nitrogen and oxygen atoms in total. The Kier molecular flexibility index (Phi) is 4.36. The number of carboxylic acid groups (broad SMARTS) is 1. The van der Waals surface area contributed by atoms with Crippen LogP contribution in [0.3, 0.4) is 0 Å². The number of hydrogen-bond donors (Lipinski definition) is 2. The van der Waals surface area contributed by atoms with Gasteiger partial charge in [-0.05, 0) is 31.2 Å². The van der Waals surface area contributed by atoms with E-state index in [0.717, 1.165) is 23.1 Å². The summed E-state index contributed by atoms with van der Waals surface area (Å²) in [6.07, 6.45) is 14.8. The molecule has 1 amide bonds. The van der Waals surface area contributed by atoms with Gasteiger partial charge < -0.3 is 10.0 Å². The van der Waals surface area contributed by atoms with E-state index in [1.165, 1.54) is 48.4 Å². The van der Waals surface area contributed by atoms with E-state index >= 15 is 0 Å². The van der Waals surface area contributed by atoms with Crippen LogP contribution in [0.2, 0.25) is 0 Å². The molecule has 0 spiro atoms. The Bertz CT molecular complexity index is 953. The maximum absolute atomic E-state index is 11.9. The molecule has 3 heterocycles. The predicted octanol–water partition coefficient (Wildman–Crippen LogP) is 4.40. The first-order chi connectivity index (χ1) is 15.1. The molecule has 31 heavy (non-hydrogen) atoms. The fraction of sp³-hybridized carbons (Fsp3) is 0.560. The van der Waals surface area contributed by atoms with Crippen LogP contribution in [0.15, 0.2) is 48.4 Å². The first kappa shape index (κ1) is 19.2. The monoisotopic (exact) mass is 421 g/mol. The zero-order valence-corrected chi connectivity index (χ0v) is 18.3. The lowest BCUT2D eigenvalue weighted by Crippen LogP contribution is -2.62. The number of rotatable bonds is 1. The molecule has 1 saturated heterocycles. The Hall–Kier alpha value is -2.47. The van der Waals surface area contributed by atoms with Gasteiger partial charge in [0, 0.05) is 36.8 Å². The Morgan fingerprint density at radius 1 is 1.19 bits per heavy atom. The normalized spacial score (nSPS) is 36.6. The smallest absolute Gasteiger partial charge is 0.427 e. The van der Waals surface area contributed by atoms with Crippen molar-refractivity contribution >= 4 is 11.8 Å². The molecular formula is C25H33N4O2+. The number of hydrogen-bond acceptors (Lipinski definition) is 3. The molecule has 1 aromatic carbocycles. The molecule has 2 aliphatic carbocycles. The summed E-state index contributed by atoms with van der Waals surface area (Å²) in [5, 5.41) is 11.1. The van der Waals surface area contributed by atoms with E-state index in [1.807, 2.05) is 0 Å². The number of carbonyl (C=O) groups is 1. The first-order valence-corrected chi connectivity index (χ1v) is 12.0. The van der Waals surface area contributed by atoms with Crippen molar-refractivity contribution in [2.24, 2.45) is 11.8 Å². The van der Waals surface area contributed by atoms with Gasteiger partial charge in [0.25, 0.3) is 0 Å². The van der Waals surface area contributed by atoms with Gasteiger partial charge in [0.1, 0.15) is 24.6 Å². The number of nitrogens with one attached hydrogen (secondary N) is 1. The second kappa shape index (κ2) is 7.02. The molecule has 2 N–H and O–H groups in total. The molecule has 164 valence electrons. The lowest BCUT2D eigenvalue weighted by molar-refractivity contribution is 0.0687. The molecule has 1 saturated carbocycles. The Morgan fingerprint density at radius 3 is 2.81 bits per heavy atom. The molecule has 3 aliphatic heterocycles. The third-order valence-corrected chi connectivity index (χ3v) is 8.70. The molecule has 0 aromatic heterocycles. The maximum Gasteiger partial charge on any atom is 0.427 e. The number of fused-ring (bicyclic) bond motifs is 7. The second-order valence-electron chi connectivity index (χ2n) is 10.1. The molecular weight excluding hydrogens is 388 g/mol. The maximum atomic E-state index is 11.9. The third kappa shape index (κ3) is 2.70. The van der Waals surface area contributed by atoms with Crippen molar-refractivity contribution in [3.05, 3.63) is 54.0 Å².